The van der Waals surface area contributed by atoms with Gasteiger partial charge in [-0.25, -0.2) is 9.18 Å². The SMILES string of the molecule is CCN(Cc1cccc(F)c1)C(=O)Cc1ccc(NC(=O)OC(C)(C)C)cc1. The van der Waals surface area contributed by atoms with E-state index in [1.54, 1.807) is 62.1 Å². The fraction of sp³-hybridized carbons (Fsp3) is 0.364. The molecule has 0 aromatic heterocycles. The molecule has 0 bridgehead atoms. The Hall–Kier alpha value is -2.89. The van der Waals surface area contributed by atoms with Crippen molar-refractivity contribution < 1.29 is 18.7 Å². The Balaban J connectivity index is 1.94. The van der Waals surface area contributed by atoms with Crippen LogP contribution >= 0.6 is 0 Å². The number of anilines is 1. The van der Waals surface area contributed by atoms with Gasteiger partial charge in [-0.05, 0) is 63.1 Å². The average molecular weight is 386 g/mol. The molecule has 0 saturated heterocycles. The van der Waals surface area contributed by atoms with E-state index in [9.17, 15) is 14.0 Å². The standard InChI is InChI=1S/C22H27FN2O3/c1-5-25(15-17-7-6-8-18(23)13-17)20(26)14-16-9-11-19(12-10-16)24-21(27)28-22(2,3)4/h6-13H,5,14-15H2,1-4H3,(H,24,27). The van der Waals surface area contributed by atoms with Crippen LogP contribution in [0.15, 0.2) is 48.5 Å². The molecule has 150 valence electrons. The van der Waals surface area contributed by atoms with E-state index in [-0.39, 0.29) is 18.1 Å². The summed E-state index contributed by atoms with van der Waals surface area (Å²) in [6.45, 7) is 8.18. The molecule has 1 N–H and O–H groups in total. The number of benzene rings is 2. The number of carbonyl (C=O) groups excluding carboxylic acids is 2. The summed E-state index contributed by atoms with van der Waals surface area (Å²) in [7, 11) is 0. The zero-order valence-electron chi connectivity index (χ0n) is 16.8. The smallest absolute Gasteiger partial charge is 0.412 e. The number of halogens is 1. The average Bonchev–Trinajstić information content (AvgIpc) is 2.59. The third-order valence-corrected chi connectivity index (χ3v) is 3.95. The van der Waals surface area contributed by atoms with Gasteiger partial charge in [0.25, 0.3) is 0 Å². The van der Waals surface area contributed by atoms with E-state index >= 15 is 0 Å². The first kappa shape index (κ1) is 21.4. The van der Waals surface area contributed by atoms with Crippen molar-refractivity contribution in [1.82, 2.24) is 4.90 Å². The lowest BCUT2D eigenvalue weighted by Crippen LogP contribution is -2.31. The summed E-state index contributed by atoms with van der Waals surface area (Å²) in [6, 6.07) is 13.3. The molecule has 0 heterocycles. The fourth-order valence-corrected chi connectivity index (χ4v) is 2.65. The van der Waals surface area contributed by atoms with Gasteiger partial charge < -0.3 is 9.64 Å². The second-order valence-corrected chi connectivity index (χ2v) is 7.54. The molecular formula is C22H27FN2O3. The van der Waals surface area contributed by atoms with E-state index in [4.69, 9.17) is 4.74 Å². The highest BCUT2D eigenvalue weighted by atomic mass is 19.1. The lowest BCUT2D eigenvalue weighted by Gasteiger charge is -2.21. The summed E-state index contributed by atoms with van der Waals surface area (Å²) < 4.78 is 18.6. The van der Waals surface area contributed by atoms with Gasteiger partial charge in [0, 0.05) is 18.8 Å². The lowest BCUT2D eigenvalue weighted by atomic mass is 10.1. The van der Waals surface area contributed by atoms with Gasteiger partial charge >= 0.3 is 6.09 Å². The highest BCUT2D eigenvalue weighted by molar-refractivity contribution is 5.85. The first-order chi connectivity index (χ1) is 13.2. The molecule has 0 unspecified atom stereocenters. The van der Waals surface area contributed by atoms with Gasteiger partial charge in [0.1, 0.15) is 11.4 Å². The highest BCUT2D eigenvalue weighted by Crippen LogP contribution is 2.15. The highest BCUT2D eigenvalue weighted by Gasteiger charge is 2.16. The third kappa shape index (κ3) is 7.02. The Labute approximate surface area is 165 Å². The van der Waals surface area contributed by atoms with Gasteiger partial charge in [0.05, 0.1) is 6.42 Å². The second kappa shape index (κ2) is 9.35. The maximum absolute atomic E-state index is 13.3. The predicted molar refractivity (Wildman–Crippen MR) is 107 cm³/mol. The van der Waals surface area contributed by atoms with Crippen LogP contribution < -0.4 is 5.32 Å². The second-order valence-electron chi connectivity index (χ2n) is 7.54. The van der Waals surface area contributed by atoms with Crippen molar-refractivity contribution >= 4 is 17.7 Å². The molecule has 0 aliphatic heterocycles. The third-order valence-electron chi connectivity index (χ3n) is 3.95. The first-order valence-corrected chi connectivity index (χ1v) is 9.27. The quantitative estimate of drug-likeness (QED) is 0.778. The van der Waals surface area contributed by atoms with E-state index in [1.165, 1.54) is 12.1 Å². The van der Waals surface area contributed by atoms with E-state index in [0.29, 0.717) is 18.8 Å². The molecule has 0 spiro atoms. The molecule has 0 aliphatic rings. The number of carbonyl (C=O) groups is 2. The minimum atomic E-state index is -0.568. The summed E-state index contributed by atoms with van der Waals surface area (Å²) in [5, 5.41) is 2.66. The van der Waals surface area contributed by atoms with Gasteiger partial charge in [0.2, 0.25) is 5.91 Å². The Bertz CT molecular complexity index is 813. The Morgan fingerprint density at radius 2 is 1.75 bits per heavy atom. The summed E-state index contributed by atoms with van der Waals surface area (Å²) in [5.74, 6) is -0.353. The fourth-order valence-electron chi connectivity index (χ4n) is 2.65. The van der Waals surface area contributed by atoms with Crippen molar-refractivity contribution in [3.63, 3.8) is 0 Å². The number of rotatable bonds is 6. The Morgan fingerprint density at radius 1 is 1.07 bits per heavy atom. The Morgan fingerprint density at radius 3 is 2.32 bits per heavy atom. The molecule has 0 radical (unpaired) electrons. The zero-order valence-corrected chi connectivity index (χ0v) is 16.8. The molecule has 0 aliphatic carbocycles. The first-order valence-electron chi connectivity index (χ1n) is 9.27. The van der Waals surface area contributed by atoms with Gasteiger partial charge in [0.15, 0.2) is 0 Å². The molecule has 2 amide bonds. The number of hydrogen-bond donors (Lipinski definition) is 1. The van der Waals surface area contributed by atoms with Gasteiger partial charge in [-0.15, -0.1) is 0 Å². The van der Waals surface area contributed by atoms with E-state index in [0.717, 1.165) is 11.1 Å². The van der Waals surface area contributed by atoms with Crippen molar-refractivity contribution in [2.45, 2.75) is 46.3 Å². The molecule has 2 aromatic rings. The van der Waals surface area contributed by atoms with Crippen LogP contribution in [0, 0.1) is 5.82 Å². The minimum Gasteiger partial charge on any atom is -0.444 e. The van der Waals surface area contributed by atoms with Gasteiger partial charge in [-0.2, -0.15) is 0 Å². The van der Waals surface area contributed by atoms with Crippen molar-refractivity contribution in [2.75, 3.05) is 11.9 Å². The topological polar surface area (TPSA) is 58.6 Å². The minimum absolute atomic E-state index is 0.0420. The van der Waals surface area contributed by atoms with Crippen LogP contribution in [-0.2, 0) is 22.5 Å². The molecule has 0 saturated carbocycles. The molecule has 5 nitrogen and oxygen atoms in total. The largest absolute Gasteiger partial charge is 0.444 e. The maximum Gasteiger partial charge on any atom is 0.412 e. The van der Waals surface area contributed by atoms with Crippen molar-refractivity contribution in [1.29, 1.82) is 0 Å². The molecule has 6 heteroatoms. The van der Waals surface area contributed by atoms with Crippen LogP contribution in [0.5, 0.6) is 0 Å². The van der Waals surface area contributed by atoms with E-state index in [2.05, 4.69) is 5.32 Å². The van der Waals surface area contributed by atoms with Crippen molar-refractivity contribution in [3.8, 4) is 0 Å². The van der Waals surface area contributed by atoms with E-state index < -0.39 is 11.7 Å². The molecule has 0 atom stereocenters. The van der Waals surface area contributed by atoms with E-state index in [1.807, 2.05) is 6.92 Å². The van der Waals surface area contributed by atoms with Crippen LogP contribution in [0.3, 0.4) is 0 Å². The zero-order chi connectivity index (χ0) is 20.7. The predicted octanol–water partition coefficient (Wildman–Crippen LogP) is 4.76. The number of nitrogens with zero attached hydrogens (tertiary/aromatic N) is 1. The summed E-state index contributed by atoms with van der Waals surface area (Å²) >= 11 is 0. The number of likely N-dealkylation sites (N-methyl/N-ethyl adjacent to an activating group) is 1. The van der Waals surface area contributed by atoms with Crippen molar-refractivity contribution in [3.05, 3.63) is 65.5 Å². The maximum atomic E-state index is 13.3. The summed E-state index contributed by atoms with van der Waals surface area (Å²) in [5.41, 5.74) is 1.61. The normalized spacial score (nSPS) is 11.0. The summed E-state index contributed by atoms with van der Waals surface area (Å²) in [4.78, 5) is 26.1. The summed E-state index contributed by atoms with van der Waals surface area (Å²) in [6.07, 6.45) is -0.292. The lowest BCUT2D eigenvalue weighted by molar-refractivity contribution is -0.130. The van der Waals surface area contributed by atoms with Crippen LogP contribution in [0.2, 0.25) is 0 Å². The van der Waals surface area contributed by atoms with Crippen LogP contribution in [0.1, 0.15) is 38.8 Å². The number of amides is 2. The molecule has 2 aromatic carbocycles. The number of ether oxygens (including phenoxy) is 1. The molecule has 2 rings (SSSR count). The van der Waals surface area contributed by atoms with Crippen LogP contribution in [0.25, 0.3) is 0 Å². The van der Waals surface area contributed by atoms with Gasteiger partial charge in [-0.3, -0.25) is 10.1 Å². The molecule has 0 fully saturated rings. The Kier molecular flexibility index (Phi) is 7.15. The monoisotopic (exact) mass is 386 g/mol. The molecule has 28 heavy (non-hydrogen) atoms. The van der Waals surface area contributed by atoms with Crippen LogP contribution in [-0.4, -0.2) is 29.0 Å². The number of hydrogen-bond acceptors (Lipinski definition) is 3. The number of nitrogens with one attached hydrogen (secondary N) is 1. The molecular weight excluding hydrogens is 359 g/mol. The van der Waals surface area contributed by atoms with Crippen LogP contribution in [0.4, 0.5) is 14.9 Å². The van der Waals surface area contributed by atoms with Gasteiger partial charge in [-0.1, -0.05) is 24.3 Å². The van der Waals surface area contributed by atoms with Crippen molar-refractivity contribution in [2.24, 2.45) is 0 Å².